The first-order valence-corrected chi connectivity index (χ1v) is 8.39. The van der Waals surface area contributed by atoms with Gasteiger partial charge in [0.15, 0.2) is 0 Å². The first-order chi connectivity index (χ1) is 11.6. The van der Waals surface area contributed by atoms with Gasteiger partial charge in [-0.3, -0.25) is 4.79 Å². The molecule has 0 bridgehead atoms. The number of amides is 1. The number of likely N-dealkylation sites (tertiary alicyclic amines) is 1. The summed E-state index contributed by atoms with van der Waals surface area (Å²) in [5, 5.41) is 1.03. The lowest BCUT2D eigenvalue weighted by molar-refractivity contribution is -0.131. The molecular weight excluding hydrogens is 302 g/mol. The minimum Gasteiger partial charge on any atom is -0.464 e. The van der Waals surface area contributed by atoms with Gasteiger partial charge in [-0.2, -0.15) is 0 Å². The van der Waals surface area contributed by atoms with Gasteiger partial charge in [-0.05, 0) is 38.3 Å². The maximum atomic E-state index is 12.9. The molecule has 0 aliphatic carbocycles. The number of aryl methyl sites for hydroxylation is 2. The molecular formula is C19H21N3O2. The van der Waals surface area contributed by atoms with E-state index >= 15 is 0 Å². The third-order valence-corrected chi connectivity index (χ3v) is 4.76. The molecule has 1 fully saturated rings. The van der Waals surface area contributed by atoms with Gasteiger partial charge in [0.1, 0.15) is 11.4 Å². The molecule has 3 heterocycles. The van der Waals surface area contributed by atoms with Crippen LogP contribution in [-0.4, -0.2) is 27.3 Å². The van der Waals surface area contributed by atoms with Crippen LogP contribution in [0.4, 0.5) is 0 Å². The molecule has 1 aliphatic rings. The molecule has 4 rings (SSSR count). The first kappa shape index (κ1) is 15.0. The Morgan fingerprint density at radius 1 is 1.42 bits per heavy atom. The topological polar surface area (TPSA) is 62.1 Å². The summed E-state index contributed by atoms with van der Waals surface area (Å²) in [4.78, 5) is 22.5. The van der Waals surface area contributed by atoms with Crippen LogP contribution in [0.25, 0.3) is 11.0 Å². The second kappa shape index (κ2) is 5.82. The van der Waals surface area contributed by atoms with Gasteiger partial charge >= 0.3 is 0 Å². The molecule has 3 aromatic rings. The van der Waals surface area contributed by atoms with E-state index in [4.69, 9.17) is 4.42 Å². The molecule has 2 aromatic heterocycles. The van der Waals surface area contributed by atoms with Crippen LogP contribution in [-0.2, 0) is 11.2 Å². The number of nitrogens with zero attached hydrogens (tertiary/aromatic N) is 2. The minimum atomic E-state index is 0.0617. The van der Waals surface area contributed by atoms with Crippen molar-refractivity contribution in [2.75, 3.05) is 6.54 Å². The number of imidazole rings is 1. The molecule has 0 spiro atoms. The fourth-order valence-electron chi connectivity index (χ4n) is 3.54. The van der Waals surface area contributed by atoms with Crippen LogP contribution < -0.4 is 0 Å². The Morgan fingerprint density at radius 2 is 2.29 bits per heavy atom. The van der Waals surface area contributed by atoms with Crippen LogP contribution in [0, 0.1) is 13.8 Å². The van der Waals surface area contributed by atoms with Crippen molar-refractivity contribution in [1.82, 2.24) is 14.9 Å². The lowest BCUT2D eigenvalue weighted by atomic mass is 10.1. The van der Waals surface area contributed by atoms with Crippen molar-refractivity contribution in [1.29, 1.82) is 0 Å². The molecule has 5 nitrogen and oxygen atoms in total. The predicted octanol–water partition coefficient (Wildman–Crippen LogP) is 3.68. The van der Waals surface area contributed by atoms with Gasteiger partial charge in [0.2, 0.25) is 5.91 Å². The molecule has 1 aliphatic heterocycles. The molecule has 1 amide bonds. The van der Waals surface area contributed by atoms with Gasteiger partial charge in [0.25, 0.3) is 0 Å². The molecule has 1 N–H and O–H groups in total. The van der Waals surface area contributed by atoms with E-state index in [1.54, 1.807) is 6.26 Å². The maximum absolute atomic E-state index is 12.9. The summed E-state index contributed by atoms with van der Waals surface area (Å²) < 4.78 is 5.62. The van der Waals surface area contributed by atoms with Crippen LogP contribution in [0.3, 0.4) is 0 Å². The van der Waals surface area contributed by atoms with Crippen LogP contribution in [0.5, 0.6) is 0 Å². The third-order valence-electron chi connectivity index (χ3n) is 4.76. The number of rotatable bonds is 3. The highest BCUT2D eigenvalue weighted by Crippen LogP contribution is 2.31. The van der Waals surface area contributed by atoms with E-state index < -0.39 is 0 Å². The number of carbonyl (C=O) groups excluding carboxylic acids is 1. The minimum absolute atomic E-state index is 0.0617. The molecule has 1 unspecified atom stereocenters. The SMILES string of the molecule is Cc1ccc2c(CC(=O)N3CCCC3c3ncc(C)[nH]3)coc2c1. The van der Waals surface area contributed by atoms with Gasteiger partial charge < -0.3 is 14.3 Å². The summed E-state index contributed by atoms with van der Waals surface area (Å²) in [7, 11) is 0. The van der Waals surface area contributed by atoms with E-state index in [9.17, 15) is 4.79 Å². The van der Waals surface area contributed by atoms with Crippen molar-refractivity contribution in [3.63, 3.8) is 0 Å². The Labute approximate surface area is 140 Å². The van der Waals surface area contributed by atoms with Crippen molar-refractivity contribution in [2.24, 2.45) is 0 Å². The fourth-order valence-corrected chi connectivity index (χ4v) is 3.54. The standard InChI is InChI=1S/C19H21N3O2/c1-12-5-6-15-14(11-24-17(15)8-12)9-18(23)22-7-3-4-16(22)19-20-10-13(2)21-19/h5-6,8,10-11,16H,3-4,7,9H2,1-2H3,(H,20,21). The van der Waals surface area contributed by atoms with E-state index in [1.165, 1.54) is 0 Å². The molecule has 1 atom stereocenters. The lowest BCUT2D eigenvalue weighted by Gasteiger charge is -2.23. The number of aromatic nitrogens is 2. The Morgan fingerprint density at radius 3 is 3.08 bits per heavy atom. The van der Waals surface area contributed by atoms with E-state index in [2.05, 4.69) is 16.0 Å². The average molecular weight is 323 g/mol. The summed E-state index contributed by atoms with van der Waals surface area (Å²) in [5.41, 5.74) is 3.98. The lowest BCUT2D eigenvalue weighted by Crippen LogP contribution is -2.32. The van der Waals surface area contributed by atoms with E-state index in [1.807, 2.05) is 37.1 Å². The van der Waals surface area contributed by atoms with Crippen molar-refractivity contribution < 1.29 is 9.21 Å². The number of hydrogen-bond donors (Lipinski definition) is 1. The zero-order valence-electron chi connectivity index (χ0n) is 14.0. The summed E-state index contributed by atoms with van der Waals surface area (Å²) in [5.74, 6) is 1.03. The highest BCUT2D eigenvalue weighted by molar-refractivity contribution is 5.88. The van der Waals surface area contributed by atoms with Crippen LogP contribution >= 0.6 is 0 Å². The van der Waals surface area contributed by atoms with Gasteiger partial charge in [-0.15, -0.1) is 0 Å². The smallest absolute Gasteiger partial charge is 0.227 e. The quantitative estimate of drug-likeness (QED) is 0.800. The first-order valence-electron chi connectivity index (χ1n) is 8.39. The zero-order chi connectivity index (χ0) is 16.7. The number of H-pyrrole nitrogens is 1. The number of carbonyl (C=O) groups is 1. The number of hydrogen-bond acceptors (Lipinski definition) is 3. The van der Waals surface area contributed by atoms with E-state index in [0.717, 1.165) is 53.0 Å². The third kappa shape index (κ3) is 2.60. The Bertz CT molecular complexity index is 893. The molecule has 0 saturated carbocycles. The zero-order valence-corrected chi connectivity index (χ0v) is 14.0. The van der Waals surface area contributed by atoms with Gasteiger partial charge in [0.05, 0.1) is 18.7 Å². The second-order valence-corrected chi connectivity index (χ2v) is 6.63. The molecule has 0 radical (unpaired) electrons. The molecule has 1 aromatic carbocycles. The molecule has 1 saturated heterocycles. The fraction of sp³-hybridized carbons (Fsp3) is 0.368. The van der Waals surface area contributed by atoms with Gasteiger partial charge in [-0.25, -0.2) is 4.98 Å². The normalized spacial score (nSPS) is 17.8. The molecule has 24 heavy (non-hydrogen) atoms. The van der Waals surface area contributed by atoms with Crippen molar-refractivity contribution in [2.45, 2.75) is 39.2 Å². The van der Waals surface area contributed by atoms with Crippen LogP contribution in [0.15, 0.2) is 35.1 Å². The Balaban J connectivity index is 1.56. The maximum Gasteiger partial charge on any atom is 0.227 e. The van der Waals surface area contributed by atoms with Crippen LogP contribution in [0.2, 0.25) is 0 Å². The summed E-state index contributed by atoms with van der Waals surface area (Å²) in [6, 6.07) is 6.16. The van der Waals surface area contributed by atoms with Gasteiger partial charge in [-0.1, -0.05) is 12.1 Å². The van der Waals surface area contributed by atoms with Gasteiger partial charge in [0, 0.05) is 29.4 Å². The second-order valence-electron chi connectivity index (χ2n) is 6.63. The van der Waals surface area contributed by atoms with E-state index in [-0.39, 0.29) is 11.9 Å². The summed E-state index contributed by atoms with van der Waals surface area (Å²) in [6.45, 7) is 4.81. The predicted molar refractivity (Wildman–Crippen MR) is 91.7 cm³/mol. The number of nitrogens with one attached hydrogen (secondary N) is 1. The van der Waals surface area contributed by atoms with Crippen molar-refractivity contribution in [3.8, 4) is 0 Å². The van der Waals surface area contributed by atoms with Crippen molar-refractivity contribution >= 4 is 16.9 Å². The Kier molecular flexibility index (Phi) is 3.63. The number of furan rings is 1. The number of aromatic amines is 1. The highest BCUT2D eigenvalue weighted by atomic mass is 16.3. The van der Waals surface area contributed by atoms with Crippen molar-refractivity contribution in [3.05, 3.63) is 53.3 Å². The summed E-state index contributed by atoms with van der Waals surface area (Å²) in [6.07, 6.45) is 5.88. The molecule has 124 valence electrons. The largest absolute Gasteiger partial charge is 0.464 e. The average Bonchev–Trinajstić information content (AvgIpc) is 3.26. The van der Waals surface area contributed by atoms with E-state index in [0.29, 0.717) is 6.42 Å². The number of benzene rings is 1. The molecule has 5 heteroatoms. The van der Waals surface area contributed by atoms with Crippen LogP contribution in [0.1, 0.15) is 41.5 Å². The summed E-state index contributed by atoms with van der Waals surface area (Å²) >= 11 is 0. The Hall–Kier alpha value is -2.56. The highest BCUT2D eigenvalue weighted by Gasteiger charge is 2.32. The monoisotopic (exact) mass is 323 g/mol. The number of fused-ring (bicyclic) bond motifs is 1.